The van der Waals surface area contributed by atoms with Crippen LogP contribution in [0.15, 0.2) is 23.4 Å². The lowest BCUT2D eigenvalue weighted by atomic mass is 10.2. The lowest BCUT2D eigenvalue weighted by Gasteiger charge is -2.14. The fraction of sp³-hybridized carbons (Fsp3) is 0.333. The lowest BCUT2D eigenvalue weighted by molar-refractivity contribution is 0.171. The normalized spacial score (nSPS) is 14.7. The van der Waals surface area contributed by atoms with E-state index in [-0.39, 0.29) is 0 Å². The van der Waals surface area contributed by atoms with Gasteiger partial charge in [-0.15, -0.1) is 5.12 Å². The summed E-state index contributed by atoms with van der Waals surface area (Å²) >= 11 is 0. The minimum absolute atomic E-state index is 0.723. The van der Waals surface area contributed by atoms with E-state index in [4.69, 9.17) is 0 Å². The van der Waals surface area contributed by atoms with Crippen LogP contribution in [-0.2, 0) is 6.54 Å². The van der Waals surface area contributed by atoms with Crippen molar-refractivity contribution in [3.63, 3.8) is 0 Å². The smallest absolute Gasteiger partial charge is 0.126 e. The summed E-state index contributed by atoms with van der Waals surface area (Å²) in [4.78, 5) is 4.20. The van der Waals surface area contributed by atoms with Crippen LogP contribution in [0, 0.1) is 0 Å². The van der Waals surface area contributed by atoms with Gasteiger partial charge in [-0.2, -0.15) is 5.10 Å². The largest absolute Gasteiger partial charge is 0.370 e. The van der Waals surface area contributed by atoms with Gasteiger partial charge in [-0.05, 0) is 24.6 Å². The number of rotatable bonds is 4. The SMILES string of the molecule is CCNc1cc(CN2NC=NN2)ccn1. The number of nitrogens with zero attached hydrogens (tertiary/aromatic N) is 3. The van der Waals surface area contributed by atoms with E-state index in [1.54, 1.807) is 17.7 Å². The molecule has 0 saturated heterocycles. The van der Waals surface area contributed by atoms with E-state index >= 15 is 0 Å². The number of nitrogens with one attached hydrogen (secondary N) is 3. The number of hydrogen-bond donors (Lipinski definition) is 3. The van der Waals surface area contributed by atoms with E-state index in [9.17, 15) is 0 Å². The van der Waals surface area contributed by atoms with Crippen molar-refractivity contribution in [1.29, 1.82) is 0 Å². The van der Waals surface area contributed by atoms with Crippen LogP contribution in [-0.4, -0.2) is 23.0 Å². The Balaban J connectivity index is 1.98. The Morgan fingerprint density at radius 3 is 3.20 bits per heavy atom. The fourth-order valence-electron chi connectivity index (χ4n) is 1.34. The van der Waals surface area contributed by atoms with Crippen LogP contribution in [0.5, 0.6) is 0 Å². The van der Waals surface area contributed by atoms with Gasteiger partial charge in [0, 0.05) is 12.7 Å². The summed E-state index contributed by atoms with van der Waals surface area (Å²) in [6.07, 6.45) is 3.40. The third-order valence-electron chi connectivity index (χ3n) is 1.98. The number of hydrazine groups is 2. The predicted octanol–water partition coefficient (Wildman–Crippen LogP) is 0.281. The maximum absolute atomic E-state index is 4.20. The van der Waals surface area contributed by atoms with Gasteiger partial charge in [-0.25, -0.2) is 10.5 Å². The third kappa shape index (κ3) is 2.57. The van der Waals surface area contributed by atoms with Crippen molar-refractivity contribution < 1.29 is 0 Å². The first-order valence-corrected chi connectivity index (χ1v) is 4.88. The second-order valence-electron chi connectivity index (χ2n) is 3.15. The monoisotopic (exact) mass is 206 g/mol. The molecule has 0 saturated carbocycles. The topological polar surface area (TPSA) is 64.6 Å². The molecule has 0 atom stereocenters. The van der Waals surface area contributed by atoms with Crippen molar-refractivity contribution in [2.45, 2.75) is 13.5 Å². The Kier molecular flexibility index (Phi) is 2.99. The van der Waals surface area contributed by atoms with E-state index in [1.807, 2.05) is 19.1 Å². The molecule has 0 aromatic carbocycles. The zero-order chi connectivity index (χ0) is 10.5. The van der Waals surface area contributed by atoms with E-state index in [1.165, 1.54) is 0 Å². The third-order valence-corrected chi connectivity index (χ3v) is 1.98. The van der Waals surface area contributed by atoms with Gasteiger partial charge < -0.3 is 5.32 Å². The van der Waals surface area contributed by atoms with Gasteiger partial charge in [0.2, 0.25) is 0 Å². The van der Waals surface area contributed by atoms with Crippen molar-refractivity contribution in [3.05, 3.63) is 23.9 Å². The molecule has 3 N–H and O–H groups in total. The first-order chi connectivity index (χ1) is 7.38. The highest BCUT2D eigenvalue weighted by atomic mass is 15.8. The van der Waals surface area contributed by atoms with Crippen LogP contribution >= 0.6 is 0 Å². The van der Waals surface area contributed by atoms with Gasteiger partial charge in [-0.3, -0.25) is 5.43 Å². The van der Waals surface area contributed by atoms with Crippen LogP contribution in [0.3, 0.4) is 0 Å². The standard InChI is InChI=1S/C9H14N6/c1-2-10-9-5-8(3-4-11-9)6-15-13-7-12-14-15/h3-5,7,14H,2,6H2,1H3,(H,10,11)(H,12,13). The maximum Gasteiger partial charge on any atom is 0.126 e. The molecule has 0 unspecified atom stereocenters. The van der Waals surface area contributed by atoms with E-state index in [0.29, 0.717) is 0 Å². The van der Waals surface area contributed by atoms with Crippen LogP contribution in [0.4, 0.5) is 5.82 Å². The summed E-state index contributed by atoms with van der Waals surface area (Å²) < 4.78 is 0. The molecule has 15 heavy (non-hydrogen) atoms. The number of aromatic nitrogens is 1. The summed E-state index contributed by atoms with van der Waals surface area (Å²) in [5.41, 5.74) is 6.91. The van der Waals surface area contributed by atoms with Crippen LogP contribution in [0.2, 0.25) is 0 Å². The first kappa shape index (κ1) is 9.72. The van der Waals surface area contributed by atoms with E-state index < -0.39 is 0 Å². The molecule has 0 radical (unpaired) electrons. The van der Waals surface area contributed by atoms with Gasteiger partial charge in [0.1, 0.15) is 12.2 Å². The quantitative estimate of drug-likeness (QED) is 0.660. The molecule has 6 heteroatoms. The number of anilines is 1. The molecule has 1 aliphatic rings. The molecular weight excluding hydrogens is 192 g/mol. The zero-order valence-electron chi connectivity index (χ0n) is 8.57. The van der Waals surface area contributed by atoms with Crippen molar-refractivity contribution in [3.8, 4) is 0 Å². The lowest BCUT2D eigenvalue weighted by Crippen LogP contribution is -2.38. The molecule has 1 aromatic heterocycles. The van der Waals surface area contributed by atoms with Gasteiger partial charge in [0.25, 0.3) is 0 Å². The molecule has 80 valence electrons. The Bertz CT molecular complexity index is 342. The second-order valence-corrected chi connectivity index (χ2v) is 3.15. The Hall–Kier alpha value is -1.82. The fourth-order valence-corrected chi connectivity index (χ4v) is 1.34. The van der Waals surface area contributed by atoms with E-state index in [0.717, 1.165) is 24.5 Å². The molecule has 6 nitrogen and oxygen atoms in total. The average molecular weight is 206 g/mol. The Morgan fingerprint density at radius 1 is 1.53 bits per heavy atom. The van der Waals surface area contributed by atoms with Crippen LogP contribution < -0.4 is 16.3 Å². The van der Waals surface area contributed by atoms with E-state index in [2.05, 4.69) is 26.4 Å². The van der Waals surface area contributed by atoms with Crippen LogP contribution in [0.1, 0.15) is 12.5 Å². The molecular formula is C9H14N6. The minimum atomic E-state index is 0.723. The highest BCUT2D eigenvalue weighted by molar-refractivity contribution is 5.54. The number of hydrazone groups is 1. The van der Waals surface area contributed by atoms with Crippen LogP contribution in [0.25, 0.3) is 0 Å². The highest BCUT2D eigenvalue weighted by Crippen LogP contribution is 2.08. The Labute approximate surface area is 88.3 Å². The second kappa shape index (κ2) is 4.61. The molecule has 0 aliphatic carbocycles. The average Bonchev–Trinajstić information content (AvgIpc) is 2.71. The summed E-state index contributed by atoms with van der Waals surface area (Å²) in [7, 11) is 0. The summed E-state index contributed by atoms with van der Waals surface area (Å²) in [5.74, 6) is 0.898. The molecule has 0 amide bonds. The molecule has 1 aromatic rings. The van der Waals surface area contributed by atoms with Gasteiger partial charge in [-0.1, -0.05) is 0 Å². The Morgan fingerprint density at radius 2 is 2.47 bits per heavy atom. The molecule has 1 aliphatic heterocycles. The maximum atomic E-state index is 4.20. The summed E-state index contributed by atoms with van der Waals surface area (Å²) in [6, 6.07) is 3.99. The first-order valence-electron chi connectivity index (χ1n) is 4.88. The van der Waals surface area contributed by atoms with Gasteiger partial charge >= 0.3 is 0 Å². The predicted molar refractivity (Wildman–Crippen MR) is 58.7 cm³/mol. The van der Waals surface area contributed by atoms with Gasteiger partial charge in [0.15, 0.2) is 0 Å². The number of pyridine rings is 1. The summed E-state index contributed by atoms with van der Waals surface area (Å²) in [6.45, 7) is 3.65. The zero-order valence-corrected chi connectivity index (χ0v) is 8.57. The van der Waals surface area contributed by atoms with Crippen molar-refractivity contribution in [2.75, 3.05) is 11.9 Å². The minimum Gasteiger partial charge on any atom is -0.370 e. The van der Waals surface area contributed by atoms with Gasteiger partial charge in [0.05, 0.1) is 6.54 Å². The number of hydrogen-bond acceptors (Lipinski definition) is 6. The molecule has 2 rings (SSSR count). The molecule has 0 spiro atoms. The van der Waals surface area contributed by atoms with Crippen molar-refractivity contribution in [1.82, 2.24) is 21.1 Å². The molecule has 0 fully saturated rings. The molecule has 0 bridgehead atoms. The highest BCUT2D eigenvalue weighted by Gasteiger charge is 2.06. The van der Waals surface area contributed by atoms with Crippen molar-refractivity contribution in [2.24, 2.45) is 5.10 Å². The van der Waals surface area contributed by atoms with Crippen molar-refractivity contribution >= 4 is 12.2 Å². The molecule has 2 heterocycles. The summed E-state index contributed by atoms with van der Waals surface area (Å²) in [5, 5.41) is 8.78.